The molecule has 0 bridgehead atoms. The van der Waals surface area contributed by atoms with Gasteiger partial charge in [-0.25, -0.2) is 13.6 Å². The summed E-state index contributed by atoms with van der Waals surface area (Å²) in [5.41, 5.74) is -0.959. The second-order valence-electron chi connectivity index (χ2n) is 3.35. The van der Waals surface area contributed by atoms with Crippen LogP contribution in [0.15, 0.2) is 29.1 Å². The molecule has 0 saturated heterocycles. The monoisotopic (exact) mass is 248 g/mol. The first-order valence-corrected chi connectivity index (χ1v) is 4.82. The molecule has 0 atom stereocenters. The lowest BCUT2D eigenvalue weighted by Gasteiger charge is -2.06. The Balaban J connectivity index is 2.40. The minimum absolute atomic E-state index is 0.0330. The number of aromatic amines is 1. The van der Waals surface area contributed by atoms with E-state index in [4.69, 9.17) is 5.26 Å². The van der Waals surface area contributed by atoms with Crippen molar-refractivity contribution < 1.29 is 8.78 Å². The number of rotatable bonds is 2. The number of benzene rings is 1. The molecule has 0 amide bonds. The van der Waals surface area contributed by atoms with E-state index in [0.29, 0.717) is 0 Å². The van der Waals surface area contributed by atoms with Gasteiger partial charge in [-0.2, -0.15) is 10.2 Å². The van der Waals surface area contributed by atoms with Crippen molar-refractivity contribution in [3.8, 4) is 6.07 Å². The molecule has 1 aromatic heterocycles. The normalized spacial score (nSPS) is 9.83. The third kappa shape index (κ3) is 2.49. The summed E-state index contributed by atoms with van der Waals surface area (Å²) in [6, 6.07) is 5.76. The molecule has 18 heavy (non-hydrogen) atoms. The van der Waals surface area contributed by atoms with Gasteiger partial charge in [-0.15, -0.1) is 0 Å². The topological polar surface area (TPSA) is 81.6 Å². The summed E-state index contributed by atoms with van der Waals surface area (Å²) in [7, 11) is 0. The maximum absolute atomic E-state index is 13.3. The van der Waals surface area contributed by atoms with E-state index in [1.807, 2.05) is 0 Å². The SMILES string of the molecule is N#Cc1cc(Nc2cc(F)ccc2F)nc(=O)[nH]1. The van der Waals surface area contributed by atoms with Crippen molar-refractivity contribution in [1.82, 2.24) is 9.97 Å². The number of aromatic nitrogens is 2. The minimum Gasteiger partial charge on any atom is -0.338 e. The van der Waals surface area contributed by atoms with Crippen LogP contribution < -0.4 is 11.0 Å². The largest absolute Gasteiger partial charge is 0.347 e. The van der Waals surface area contributed by atoms with Crippen LogP contribution in [-0.2, 0) is 0 Å². The van der Waals surface area contributed by atoms with Gasteiger partial charge < -0.3 is 5.32 Å². The molecule has 2 N–H and O–H groups in total. The van der Waals surface area contributed by atoms with Crippen molar-refractivity contribution in [2.24, 2.45) is 0 Å². The summed E-state index contributed by atoms with van der Waals surface area (Å²) in [5.74, 6) is -1.37. The molecule has 0 aliphatic carbocycles. The first-order valence-electron chi connectivity index (χ1n) is 4.82. The first kappa shape index (κ1) is 11.7. The van der Waals surface area contributed by atoms with Gasteiger partial charge in [0, 0.05) is 12.1 Å². The zero-order chi connectivity index (χ0) is 13.1. The van der Waals surface area contributed by atoms with Gasteiger partial charge in [0.1, 0.15) is 29.2 Å². The Morgan fingerprint density at radius 1 is 1.33 bits per heavy atom. The van der Waals surface area contributed by atoms with Gasteiger partial charge in [-0.3, -0.25) is 4.98 Å². The average molecular weight is 248 g/mol. The molecule has 0 fully saturated rings. The summed E-state index contributed by atoms with van der Waals surface area (Å²) in [6.07, 6.45) is 0. The third-order valence-corrected chi connectivity index (χ3v) is 2.06. The molecule has 0 aliphatic rings. The highest BCUT2D eigenvalue weighted by Crippen LogP contribution is 2.19. The van der Waals surface area contributed by atoms with Crippen LogP contribution in [0, 0.1) is 23.0 Å². The Morgan fingerprint density at radius 3 is 2.83 bits per heavy atom. The molecule has 7 heteroatoms. The molecular formula is C11H6F2N4O. The molecule has 0 radical (unpaired) electrons. The molecule has 2 rings (SSSR count). The average Bonchev–Trinajstić information content (AvgIpc) is 2.33. The molecular weight excluding hydrogens is 242 g/mol. The number of nitriles is 1. The van der Waals surface area contributed by atoms with Crippen molar-refractivity contribution in [3.05, 3.63) is 52.1 Å². The summed E-state index contributed by atoms with van der Waals surface area (Å²) < 4.78 is 26.3. The predicted octanol–water partition coefficient (Wildman–Crippen LogP) is 1.66. The highest BCUT2D eigenvalue weighted by atomic mass is 19.1. The van der Waals surface area contributed by atoms with E-state index in [1.165, 1.54) is 6.07 Å². The van der Waals surface area contributed by atoms with Gasteiger partial charge in [-0.05, 0) is 12.1 Å². The predicted molar refractivity (Wildman–Crippen MR) is 59.2 cm³/mol. The standard InChI is InChI=1S/C11H6F2N4O/c12-6-1-2-8(13)9(3-6)16-10-4-7(5-14)15-11(18)17-10/h1-4H,(H2,15,16,17,18). The van der Waals surface area contributed by atoms with Crippen molar-refractivity contribution >= 4 is 11.5 Å². The number of nitrogens with zero attached hydrogens (tertiary/aromatic N) is 2. The van der Waals surface area contributed by atoms with Gasteiger partial charge in [0.05, 0.1) is 5.69 Å². The van der Waals surface area contributed by atoms with Crippen LogP contribution in [0.1, 0.15) is 5.69 Å². The molecule has 0 unspecified atom stereocenters. The number of anilines is 2. The van der Waals surface area contributed by atoms with Crippen LogP contribution in [-0.4, -0.2) is 9.97 Å². The Morgan fingerprint density at radius 2 is 2.11 bits per heavy atom. The minimum atomic E-state index is -0.756. The molecule has 0 spiro atoms. The Labute approximate surface area is 99.7 Å². The van der Waals surface area contributed by atoms with Crippen molar-refractivity contribution in [1.29, 1.82) is 5.26 Å². The Bertz CT molecular complexity index is 690. The summed E-state index contributed by atoms with van der Waals surface area (Å²) in [6.45, 7) is 0. The second kappa shape index (κ2) is 4.63. The van der Waals surface area contributed by atoms with Crippen LogP contribution in [0.5, 0.6) is 0 Å². The highest BCUT2D eigenvalue weighted by Gasteiger charge is 2.06. The molecule has 2 aromatic rings. The van der Waals surface area contributed by atoms with E-state index in [-0.39, 0.29) is 17.2 Å². The van der Waals surface area contributed by atoms with Crippen LogP contribution in [0.25, 0.3) is 0 Å². The second-order valence-corrected chi connectivity index (χ2v) is 3.35. The fourth-order valence-corrected chi connectivity index (χ4v) is 1.31. The first-order chi connectivity index (χ1) is 8.58. The number of nitrogens with one attached hydrogen (secondary N) is 2. The van der Waals surface area contributed by atoms with E-state index in [2.05, 4.69) is 15.3 Å². The van der Waals surface area contributed by atoms with E-state index < -0.39 is 17.3 Å². The molecule has 5 nitrogen and oxygen atoms in total. The van der Waals surface area contributed by atoms with Gasteiger partial charge in [0.2, 0.25) is 0 Å². The van der Waals surface area contributed by atoms with Crippen LogP contribution in [0.2, 0.25) is 0 Å². The zero-order valence-electron chi connectivity index (χ0n) is 8.87. The van der Waals surface area contributed by atoms with Gasteiger partial charge in [0.25, 0.3) is 0 Å². The third-order valence-electron chi connectivity index (χ3n) is 2.06. The van der Waals surface area contributed by atoms with E-state index >= 15 is 0 Å². The molecule has 0 saturated carbocycles. The zero-order valence-corrected chi connectivity index (χ0v) is 8.87. The number of H-pyrrole nitrogens is 1. The summed E-state index contributed by atoms with van der Waals surface area (Å²) >= 11 is 0. The maximum atomic E-state index is 13.3. The fourth-order valence-electron chi connectivity index (χ4n) is 1.31. The lowest BCUT2D eigenvalue weighted by molar-refractivity contribution is 0.603. The van der Waals surface area contributed by atoms with Gasteiger partial charge in [0.15, 0.2) is 0 Å². The Hall–Kier alpha value is -2.75. The lowest BCUT2D eigenvalue weighted by atomic mass is 10.3. The van der Waals surface area contributed by atoms with E-state index in [1.54, 1.807) is 6.07 Å². The molecule has 1 aromatic carbocycles. The van der Waals surface area contributed by atoms with Crippen molar-refractivity contribution in [2.75, 3.05) is 5.32 Å². The van der Waals surface area contributed by atoms with Crippen LogP contribution >= 0.6 is 0 Å². The number of hydrogen-bond donors (Lipinski definition) is 2. The van der Waals surface area contributed by atoms with Crippen LogP contribution in [0.3, 0.4) is 0 Å². The van der Waals surface area contributed by atoms with Crippen molar-refractivity contribution in [2.45, 2.75) is 0 Å². The van der Waals surface area contributed by atoms with E-state index in [0.717, 1.165) is 18.2 Å². The summed E-state index contributed by atoms with van der Waals surface area (Å²) in [5, 5.41) is 11.1. The Kier molecular flexibility index (Phi) is 3.02. The van der Waals surface area contributed by atoms with Gasteiger partial charge >= 0.3 is 5.69 Å². The highest BCUT2D eigenvalue weighted by molar-refractivity contribution is 5.57. The molecule has 1 heterocycles. The number of halogens is 2. The molecule has 0 aliphatic heterocycles. The van der Waals surface area contributed by atoms with Crippen LogP contribution in [0.4, 0.5) is 20.3 Å². The summed E-state index contributed by atoms with van der Waals surface area (Å²) in [4.78, 5) is 16.7. The lowest BCUT2D eigenvalue weighted by Crippen LogP contribution is -2.13. The quantitative estimate of drug-likeness (QED) is 0.846. The fraction of sp³-hybridized carbons (Fsp3) is 0. The van der Waals surface area contributed by atoms with Crippen molar-refractivity contribution in [3.63, 3.8) is 0 Å². The van der Waals surface area contributed by atoms with E-state index in [9.17, 15) is 13.6 Å². The molecule has 90 valence electrons. The maximum Gasteiger partial charge on any atom is 0.347 e. The number of hydrogen-bond acceptors (Lipinski definition) is 4. The van der Waals surface area contributed by atoms with Gasteiger partial charge in [-0.1, -0.05) is 0 Å². The smallest absolute Gasteiger partial charge is 0.338 e.